The van der Waals surface area contributed by atoms with E-state index in [9.17, 15) is 9.59 Å². The summed E-state index contributed by atoms with van der Waals surface area (Å²) >= 11 is 0. The molecule has 2 aliphatic heterocycles. The van der Waals surface area contributed by atoms with Crippen LogP contribution in [0.2, 0.25) is 0 Å². The Morgan fingerprint density at radius 1 is 0.871 bits per heavy atom. The molecule has 2 fully saturated rings. The highest BCUT2D eigenvalue weighted by Crippen LogP contribution is 2.28. The topological polar surface area (TPSA) is 69.0 Å². The van der Waals surface area contributed by atoms with E-state index >= 15 is 0 Å². The molecule has 2 saturated heterocycles. The summed E-state index contributed by atoms with van der Waals surface area (Å²) in [4.78, 5) is 31.7. The molecule has 0 aliphatic carbocycles. The van der Waals surface area contributed by atoms with Gasteiger partial charge < -0.3 is 24.4 Å². The smallest absolute Gasteiger partial charge is 0.322 e. The molecule has 3 amide bonds. The average Bonchev–Trinajstić information content (AvgIpc) is 2.96. The number of nitrogens with one attached hydrogen (secondary N) is 1. The molecule has 2 aromatic rings. The van der Waals surface area contributed by atoms with Crippen LogP contribution in [0.25, 0.3) is 0 Å². The number of hydrogen-bond donors (Lipinski definition) is 1. The third-order valence-corrected chi connectivity index (χ3v) is 6.22. The van der Waals surface area contributed by atoms with Crippen LogP contribution in [0.3, 0.4) is 0 Å². The highest BCUT2D eigenvalue weighted by atomic mass is 16.3. The minimum Gasteiger partial charge on any atom is -0.466 e. The lowest BCUT2D eigenvalue weighted by atomic mass is 10.2. The van der Waals surface area contributed by atoms with Crippen molar-refractivity contribution < 1.29 is 14.0 Å². The van der Waals surface area contributed by atoms with Crippen molar-refractivity contribution in [2.45, 2.75) is 39.5 Å². The van der Waals surface area contributed by atoms with E-state index in [1.54, 1.807) is 15.9 Å². The number of anilines is 2. The first-order chi connectivity index (χ1) is 15.0. The molecule has 166 valence electrons. The Labute approximate surface area is 184 Å². The van der Waals surface area contributed by atoms with Gasteiger partial charge in [-0.2, -0.15) is 0 Å². The van der Waals surface area contributed by atoms with Crippen LogP contribution in [0, 0.1) is 13.8 Å². The van der Waals surface area contributed by atoms with Crippen LogP contribution >= 0.6 is 0 Å². The first-order valence-corrected chi connectivity index (χ1v) is 11.3. The molecule has 0 radical (unpaired) electrons. The monoisotopic (exact) mass is 424 g/mol. The first-order valence-electron chi connectivity index (χ1n) is 11.3. The summed E-state index contributed by atoms with van der Waals surface area (Å²) in [6.07, 6.45) is 4.92. The summed E-state index contributed by atoms with van der Waals surface area (Å²) in [6, 6.07) is 9.73. The Balaban J connectivity index is 1.36. The number of furan rings is 1. The molecule has 3 heterocycles. The van der Waals surface area contributed by atoms with Gasteiger partial charge >= 0.3 is 6.03 Å². The highest BCUT2D eigenvalue weighted by Gasteiger charge is 2.27. The van der Waals surface area contributed by atoms with Crippen molar-refractivity contribution >= 4 is 23.3 Å². The number of piperazine rings is 1. The molecule has 7 nitrogen and oxygen atoms in total. The quantitative estimate of drug-likeness (QED) is 0.799. The fourth-order valence-corrected chi connectivity index (χ4v) is 4.49. The molecule has 1 aromatic heterocycles. The van der Waals surface area contributed by atoms with Crippen LogP contribution in [-0.2, 0) is 0 Å². The van der Waals surface area contributed by atoms with Gasteiger partial charge in [0.25, 0.3) is 5.91 Å². The Morgan fingerprint density at radius 3 is 2.16 bits per heavy atom. The summed E-state index contributed by atoms with van der Waals surface area (Å²) in [5, 5.41) is 3.11. The van der Waals surface area contributed by atoms with Crippen molar-refractivity contribution in [3.63, 3.8) is 0 Å². The van der Waals surface area contributed by atoms with Gasteiger partial charge in [0.05, 0.1) is 16.9 Å². The predicted molar refractivity (Wildman–Crippen MR) is 122 cm³/mol. The molecule has 4 rings (SSSR count). The number of aryl methyl sites for hydroxylation is 2. The van der Waals surface area contributed by atoms with E-state index in [0.717, 1.165) is 30.2 Å². The number of urea groups is 1. The van der Waals surface area contributed by atoms with Crippen molar-refractivity contribution in [3.05, 3.63) is 47.4 Å². The molecular weight excluding hydrogens is 392 g/mol. The molecule has 0 spiro atoms. The standard InChI is InChI=1S/C24H32N4O3/c1-18-17-20(19(2)31-18)23(29)27-13-15-28(16-14-27)24(30)25-21-9-5-6-10-22(21)26-11-7-3-4-8-12-26/h5-6,9-10,17H,3-4,7-8,11-16H2,1-2H3,(H,25,30). The number of rotatable bonds is 3. The maximum absolute atomic E-state index is 13.0. The third kappa shape index (κ3) is 4.86. The number of amides is 3. The summed E-state index contributed by atoms with van der Waals surface area (Å²) in [6.45, 7) is 7.77. The fraction of sp³-hybridized carbons (Fsp3) is 0.500. The second-order valence-corrected chi connectivity index (χ2v) is 8.45. The molecule has 1 N–H and O–H groups in total. The Bertz CT molecular complexity index is 923. The van der Waals surface area contributed by atoms with Crippen molar-refractivity contribution in [2.75, 3.05) is 49.5 Å². The lowest BCUT2D eigenvalue weighted by Gasteiger charge is -2.35. The van der Waals surface area contributed by atoms with E-state index in [0.29, 0.717) is 37.5 Å². The first kappa shape index (κ1) is 21.3. The number of carbonyl (C=O) groups is 2. The summed E-state index contributed by atoms with van der Waals surface area (Å²) in [7, 11) is 0. The van der Waals surface area contributed by atoms with Crippen LogP contribution < -0.4 is 10.2 Å². The SMILES string of the molecule is Cc1cc(C(=O)N2CCN(C(=O)Nc3ccccc3N3CCCCCC3)CC2)c(C)o1. The van der Waals surface area contributed by atoms with Gasteiger partial charge in [0.1, 0.15) is 11.5 Å². The van der Waals surface area contributed by atoms with Crippen LogP contribution in [0.5, 0.6) is 0 Å². The second kappa shape index (κ2) is 9.45. The van der Waals surface area contributed by atoms with Gasteiger partial charge in [0.2, 0.25) is 0 Å². The lowest BCUT2D eigenvalue weighted by Crippen LogP contribution is -2.51. The second-order valence-electron chi connectivity index (χ2n) is 8.45. The van der Waals surface area contributed by atoms with Gasteiger partial charge in [-0.05, 0) is 44.9 Å². The number of para-hydroxylation sites is 2. The van der Waals surface area contributed by atoms with Crippen molar-refractivity contribution in [1.29, 1.82) is 0 Å². The van der Waals surface area contributed by atoms with Gasteiger partial charge in [0.15, 0.2) is 0 Å². The zero-order chi connectivity index (χ0) is 21.8. The van der Waals surface area contributed by atoms with Crippen molar-refractivity contribution in [3.8, 4) is 0 Å². The van der Waals surface area contributed by atoms with E-state index < -0.39 is 0 Å². The maximum atomic E-state index is 13.0. The zero-order valence-electron chi connectivity index (χ0n) is 18.5. The summed E-state index contributed by atoms with van der Waals surface area (Å²) < 4.78 is 5.50. The van der Waals surface area contributed by atoms with E-state index in [-0.39, 0.29) is 11.9 Å². The van der Waals surface area contributed by atoms with Gasteiger partial charge in [-0.3, -0.25) is 4.79 Å². The molecule has 7 heteroatoms. The number of nitrogens with zero attached hydrogens (tertiary/aromatic N) is 3. The van der Waals surface area contributed by atoms with E-state index in [2.05, 4.69) is 16.3 Å². The van der Waals surface area contributed by atoms with Crippen LogP contribution in [-0.4, -0.2) is 61.0 Å². The molecule has 31 heavy (non-hydrogen) atoms. The molecule has 1 aromatic carbocycles. The molecule has 0 unspecified atom stereocenters. The third-order valence-electron chi connectivity index (χ3n) is 6.22. The predicted octanol–water partition coefficient (Wildman–Crippen LogP) is 4.27. The van der Waals surface area contributed by atoms with Crippen molar-refractivity contribution in [1.82, 2.24) is 9.80 Å². The van der Waals surface area contributed by atoms with Gasteiger partial charge in [-0.15, -0.1) is 0 Å². The Hall–Kier alpha value is -2.96. The maximum Gasteiger partial charge on any atom is 0.322 e. The van der Waals surface area contributed by atoms with Gasteiger partial charge in [-0.25, -0.2) is 4.79 Å². The largest absolute Gasteiger partial charge is 0.466 e. The molecule has 0 saturated carbocycles. The fourth-order valence-electron chi connectivity index (χ4n) is 4.49. The number of benzene rings is 1. The number of hydrogen-bond acceptors (Lipinski definition) is 4. The Kier molecular flexibility index (Phi) is 6.49. The molecule has 0 atom stereocenters. The van der Waals surface area contributed by atoms with Gasteiger partial charge in [-0.1, -0.05) is 25.0 Å². The highest BCUT2D eigenvalue weighted by molar-refractivity contribution is 5.96. The van der Waals surface area contributed by atoms with E-state index in [1.807, 2.05) is 32.0 Å². The lowest BCUT2D eigenvalue weighted by molar-refractivity contribution is 0.0670. The van der Waals surface area contributed by atoms with Crippen LogP contribution in [0.4, 0.5) is 16.2 Å². The van der Waals surface area contributed by atoms with Gasteiger partial charge in [0, 0.05) is 39.3 Å². The molecule has 2 aliphatic rings. The van der Waals surface area contributed by atoms with Crippen LogP contribution in [0.15, 0.2) is 34.7 Å². The molecule has 0 bridgehead atoms. The van der Waals surface area contributed by atoms with E-state index in [4.69, 9.17) is 4.42 Å². The minimum atomic E-state index is -0.107. The normalized spacial score (nSPS) is 17.4. The Morgan fingerprint density at radius 2 is 1.52 bits per heavy atom. The average molecular weight is 425 g/mol. The number of carbonyl (C=O) groups excluding carboxylic acids is 2. The minimum absolute atomic E-state index is 0.0269. The van der Waals surface area contributed by atoms with E-state index in [1.165, 1.54) is 25.7 Å². The van der Waals surface area contributed by atoms with Crippen molar-refractivity contribution in [2.24, 2.45) is 0 Å². The summed E-state index contributed by atoms with van der Waals surface area (Å²) in [5.41, 5.74) is 2.57. The zero-order valence-corrected chi connectivity index (χ0v) is 18.5. The van der Waals surface area contributed by atoms with Crippen LogP contribution in [0.1, 0.15) is 47.6 Å². The molecular formula is C24H32N4O3. The summed E-state index contributed by atoms with van der Waals surface area (Å²) in [5.74, 6) is 1.36.